The number of benzene rings is 3. The predicted molar refractivity (Wildman–Crippen MR) is 112 cm³/mol. The molecular weight excluding hydrogens is 350 g/mol. The van der Waals surface area contributed by atoms with E-state index in [9.17, 15) is 4.79 Å². The molecule has 0 radical (unpaired) electrons. The third-order valence-electron chi connectivity index (χ3n) is 4.37. The summed E-state index contributed by atoms with van der Waals surface area (Å²) in [5, 5.41) is 2.87. The molecule has 1 unspecified atom stereocenters. The molecule has 0 aromatic heterocycles. The van der Waals surface area contributed by atoms with Crippen molar-refractivity contribution < 1.29 is 14.3 Å². The molecule has 1 atom stereocenters. The summed E-state index contributed by atoms with van der Waals surface area (Å²) in [7, 11) is 0. The van der Waals surface area contributed by atoms with Crippen LogP contribution in [0.25, 0.3) is 0 Å². The van der Waals surface area contributed by atoms with E-state index in [-0.39, 0.29) is 5.91 Å². The highest BCUT2D eigenvalue weighted by Gasteiger charge is 2.16. The van der Waals surface area contributed by atoms with Crippen LogP contribution >= 0.6 is 0 Å². The molecule has 1 amide bonds. The molecule has 0 bridgehead atoms. The molecule has 4 nitrogen and oxygen atoms in total. The maximum Gasteiger partial charge on any atom is 0.265 e. The van der Waals surface area contributed by atoms with Crippen LogP contribution in [-0.2, 0) is 11.4 Å². The van der Waals surface area contributed by atoms with Crippen LogP contribution in [-0.4, -0.2) is 12.0 Å². The van der Waals surface area contributed by atoms with Gasteiger partial charge in [-0.1, -0.05) is 48.0 Å². The van der Waals surface area contributed by atoms with Crippen LogP contribution in [0.5, 0.6) is 11.5 Å². The van der Waals surface area contributed by atoms with Gasteiger partial charge in [0, 0.05) is 5.69 Å². The monoisotopic (exact) mass is 375 g/mol. The van der Waals surface area contributed by atoms with Crippen LogP contribution in [0.2, 0.25) is 0 Å². The van der Waals surface area contributed by atoms with Crippen LogP contribution in [0.1, 0.15) is 23.6 Å². The molecule has 28 heavy (non-hydrogen) atoms. The van der Waals surface area contributed by atoms with E-state index in [0.717, 1.165) is 28.2 Å². The summed E-state index contributed by atoms with van der Waals surface area (Å²) in [4.78, 5) is 12.4. The molecule has 0 saturated heterocycles. The highest BCUT2D eigenvalue weighted by molar-refractivity contribution is 5.94. The van der Waals surface area contributed by atoms with E-state index in [1.165, 1.54) is 0 Å². The van der Waals surface area contributed by atoms with Crippen molar-refractivity contribution in [1.82, 2.24) is 0 Å². The van der Waals surface area contributed by atoms with Gasteiger partial charge in [-0.25, -0.2) is 0 Å². The van der Waals surface area contributed by atoms with Crippen LogP contribution < -0.4 is 14.8 Å². The molecule has 0 heterocycles. The summed E-state index contributed by atoms with van der Waals surface area (Å²) in [6.07, 6.45) is -0.601. The summed E-state index contributed by atoms with van der Waals surface area (Å²) in [5.41, 5.74) is 3.99. The zero-order chi connectivity index (χ0) is 19.9. The average Bonchev–Trinajstić information content (AvgIpc) is 2.70. The number of hydrogen-bond donors (Lipinski definition) is 1. The minimum Gasteiger partial charge on any atom is -0.489 e. The zero-order valence-corrected chi connectivity index (χ0v) is 16.4. The number of anilines is 1. The Labute approximate surface area is 166 Å². The quantitative estimate of drug-likeness (QED) is 0.610. The Morgan fingerprint density at radius 3 is 2.36 bits per heavy atom. The fourth-order valence-electron chi connectivity index (χ4n) is 2.79. The average molecular weight is 375 g/mol. The second kappa shape index (κ2) is 9.09. The first-order valence-corrected chi connectivity index (χ1v) is 9.33. The van der Waals surface area contributed by atoms with Crippen molar-refractivity contribution >= 4 is 11.6 Å². The second-order valence-electron chi connectivity index (χ2n) is 6.82. The van der Waals surface area contributed by atoms with Gasteiger partial charge in [0.15, 0.2) is 6.10 Å². The van der Waals surface area contributed by atoms with E-state index in [1.807, 2.05) is 86.6 Å². The summed E-state index contributed by atoms with van der Waals surface area (Å²) in [5.74, 6) is 1.28. The molecule has 3 aromatic carbocycles. The number of rotatable bonds is 7. The van der Waals surface area contributed by atoms with Crippen molar-refractivity contribution in [2.75, 3.05) is 5.32 Å². The first kappa shape index (κ1) is 19.5. The van der Waals surface area contributed by atoms with Gasteiger partial charge < -0.3 is 14.8 Å². The predicted octanol–water partition coefficient (Wildman–Crippen LogP) is 5.29. The Balaban J connectivity index is 1.53. The maximum atomic E-state index is 12.4. The highest BCUT2D eigenvalue weighted by Crippen LogP contribution is 2.21. The summed E-state index contributed by atoms with van der Waals surface area (Å²) in [6, 6.07) is 23.2. The van der Waals surface area contributed by atoms with Gasteiger partial charge in [0.1, 0.15) is 18.1 Å². The summed E-state index contributed by atoms with van der Waals surface area (Å²) in [6.45, 7) is 6.25. The number of carbonyl (C=O) groups is 1. The molecule has 0 aliphatic carbocycles. The molecule has 4 heteroatoms. The van der Waals surface area contributed by atoms with Crippen molar-refractivity contribution in [3.63, 3.8) is 0 Å². The van der Waals surface area contributed by atoms with E-state index < -0.39 is 6.10 Å². The third kappa shape index (κ3) is 5.36. The standard InChI is InChI=1S/C24H25NO3/c1-17-9-14-23(18(2)15-17)28-19(3)24(26)25-21-10-12-22(13-11-21)27-16-20-7-5-4-6-8-20/h4-15,19H,16H2,1-3H3,(H,25,26). The Hall–Kier alpha value is -3.27. The first-order valence-electron chi connectivity index (χ1n) is 9.33. The van der Waals surface area contributed by atoms with E-state index in [0.29, 0.717) is 12.3 Å². The maximum absolute atomic E-state index is 12.4. The summed E-state index contributed by atoms with van der Waals surface area (Å²) < 4.78 is 11.6. The van der Waals surface area contributed by atoms with Gasteiger partial charge in [0.2, 0.25) is 0 Å². The Morgan fingerprint density at radius 1 is 0.964 bits per heavy atom. The molecule has 0 aliphatic rings. The normalized spacial score (nSPS) is 11.5. The van der Waals surface area contributed by atoms with E-state index in [1.54, 1.807) is 6.92 Å². The van der Waals surface area contributed by atoms with Crippen molar-refractivity contribution in [3.8, 4) is 11.5 Å². The minimum atomic E-state index is -0.601. The van der Waals surface area contributed by atoms with Crippen LogP contribution in [0, 0.1) is 13.8 Å². The topological polar surface area (TPSA) is 47.6 Å². The first-order chi connectivity index (χ1) is 13.5. The van der Waals surface area contributed by atoms with Gasteiger partial charge in [-0.2, -0.15) is 0 Å². The van der Waals surface area contributed by atoms with Crippen LogP contribution in [0.3, 0.4) is 0 Å². The molecule has 3 rings (SSSR count). The van der Waals surface area contributed by atoms with Gasteiger partial charge in [-0.05, 0) is 62.2 Å². The van der Waals surface area contributed by atoms with E-state index in [2.05, 4.69) is 5.32 Å². The third-order valence-corrected chi connectivity index (χ3v) is 4.37. The molecule has 1 N–H and O–H groups in total. The number of carbonyl (C=O) groups excluding carboxylic acids is 1. The van der Waals surface area contributed by atoms with Gasteiger partial charge in [0.25, 0.3) is 5.91 Å². The molecule has 0 fully saturated rings. The fourth-order valence-corrected chi connectivity index (χ4v) is 2.79. The fraction of sp³-hybridized carbons (Fsp3) is 0.208. The van der Waals surface area contributed by atoms with Crippen LogP contribution in [0.15, 0.2) is 72.8 Å². The lowest BCUT2D eigenvalue weighted by Gasteiger charge is -2.16. The van der Waals surface area contributed by atoms with Crippen molar-refractivity contribution in [2.24, 2.45) is 0 Å². The van der Waals surface area contributed by atoms with Crippen molar-refractivity contribution in [3.05, 3.63) is 89.5 Å². The molecule has 3 aromatic rings. The Morgan fingerprint density at radius 2 is 1.68 bits per heavy atom. The lowest BCUT2D eigenvalue weighted by molar-refractivity contribution is -0.122. The van der Waals surface area contributed by atoms with E-state index >= 15 is 0 Å². The Kier molecular flexibility index (Phi) is 6.33. The highest BCUT2D eigenvalue weighted by atomic mass is 16.5. The molecule has 0 aliphatic heterocycles. The SMILES string of the molecule is Cc1ccc(OC(C)C(=O)Nc2ccc(OCc3ccccc3)cc2)c(C)c1. The van der Waals surface area contributed by atoms with Gasteiger partial charge in [-0.15, -0.1) is 0 Å². The lowest BCUT2D eigenvalue weighted by atomic mass is 10.1. The van der Waals surface area contributed by atoms with Crippen LogP contribution in [0.4, 0.5) is 5.69 Å². The Bertz CT molecular complexity index is 920. The van der Waals surface area contributed by atoms with Gasteiger partial charge in [0.05, 0.1) is 0 Å². The largest absolute Gasteiger partial charge is 0.489 e. The number of aryl methyl sites for hydroxylation is 2. The lowest BCUT2D eigenvalue weighted by Crippen LogP contribution is -2.30. The molecular formula is C24H25NO3. The number of hydrogen-bond acceptors (Lipinski definition) is 3. The smallest absolute Gasteiger partial charge is 0.265 e. The number of nitrogens with one attached hydrogen (secondary N) is 1. The summed E-state index contributed by atoms with van der Waals surface area (Å²) >= 11 is 0. The van der Waals surface area contributed by atoms with Gasteiger partial charge in [-0.3, -0.25) is 4.79 Å². The number of ether oxygens (including phenoxy) is 2. The zero-order valence-electron chi connectivity index (χ0n) is 16.4. The molecule has 0 saturated carbocycles. The van der Waals surface area contributed by atoms with Crippen molar-refractivity contribution in [1.29, 1.82) is 0 Å². The molecule has 0 spiro atoms. The second-order valence-corrected chi connectivity index (χ2v) is 6.82. The van der Waals surface area contributed by atoms with E-state index in [4.69, 9.17) is 9.47 Å². The van der Waals surface area contributed by atoms with Crippen molar-refractivity contribution in [2.45, 2.75) is 33.5 Å². The number of amides is 1. The minimum absolute atomic E-state index is 0.196. The van der Waals surface area contributed by atoms with Gasteiger partial charge >= 0.3 is 0 Å². The molecule has 144 valence electrons.